The van der Waals surface area contributed by atoms with Crippen LogP contribution in [0.25, 0.3) is 0 Å². The Morgan fingerprint density at radius 2 is 1.57 bits per heavy atom. The van der Waals surface area contributed by atoms with Crippen molar-refractivity contribution in [2.45, 2.75) is 19.5 Å². The van der Waals surface area contributed by atoms with Gasteiger partial charge in [0.1, 0.15) is 11.6 Å². The van der Waals surface area contributed by atoms with Gasteiger partial charge >= 0.3 is 0 Å². The molecule has 0 saturated heterocycles. The van der Waals surface area contributed by atoms with Gasteiger partial charge in [0.2, 0.25) is 12.7 Å². The van der Waals surface area contributed by atoms with Crippen LogP contribution in [0.15, 0.2) is 60.7 Å². The molecule has 0 fully saturated rings. The minimum absolute atomic E-state index is 0.00975. The third-order valence-corrected chi connectivity index (χ3v) is 4.78. The van der Waals surface area contributed by atoms with Crippen molar-refractivity contribution < 1.29 is 23.0 Å². The van der Waals surface area contributed by atoms with Crippen LogP contribution < -0.4 is 20.1 Å². The first-order chi connectivity index (χ1) is 14.6. The molecular weight excluding hydrogens is 390 g/mol. The zero-order valence-corrected chi connectivity index (χ0v) is 16.1. The molecule has 0 bridgehead atoms. The van der Waals surface area contributed by atoms with Crippen LogP contribution in [0, 0.1) is 11.6 Å². The van der Waals surface area contributed by atoms with Gasteiger partial charge < -0.3 is 20.1 Å². The number of rotatable bonds is 7. The number of benzene rings is 3. The molecule has 0 aliphatic carbocycles. The highest BCUT2D eigenvalue weighted by Gasteiger charge is 2.13. The van der Waals surface area contributed by atoms with E-state index in [-0.39, 0.29) is 31.2 Å². The summed E-state index contributed by atoms with van der Waals surface area (Å²) in [5.74, 6) is 0.106. The van der Waals surface area contributed by atoms with Gasteiger partial charge in [0, 0.05) is 24.3 Å². The second-order valence-corrected chi connectivity index (χ2v) is 6.89. The summed E-state index contributed by atoms with van der Waals surface area (Å²) in [6, 6.07) is 16.5. The van der Waals surface area contributed by atoms with Crippen LogP contribution >= 0.6 is 0 Å². The molecule has 0 unspecified atom stereocenters. The molecule has 30 heavy (non-hydrogen) atoms. The zero-order valence-electron chi connectivity index (χ0n) is 16.1. The minimum atomic E-state index is -0.585. The van der Waals surface area contributed by atoms with Gasteiger partial charge in [0.25, 0.3) is 0 Å². The Balaban J connectivity index is 1.27. The quantitative estimate of drug-likeness (QED) is 0.614. The lowest BCUT2D eigenvalue weighted by Gasteiger charge is -2.10. The molecule has 0 radical (unpaired) electrons. The lowest BCUT2D eigenvalue weighted by molar-refractivity contribution is -0.120. The predicted octanol–water partition coefficient (Wildman–Crippen LogP) is 4.16. The average molecular weight is 410 g/mol. The first kappa shape index (κ1) is 19.7. The smallest absolute Gasteiger partial charge is 0.231 e. The van der Waals surface area contributed by atoms with Crippen molar-refractivity contribution in [2.24, 2.45) is 0 Å². The van der Waals surface area contributed by atoms with Gasteiger partial charge in [-0.15, -0.1) is 0 Å². The Morgan fingerprint density at radius 1 is 0.867 bits per heavy atom. The number of hydrogen-bond acceptors (Lipinski definition) is 4. The Hall–Kier alpha value is -3.61. The number of hydrogen-bond donors (Lipinski definition) is 2. The first-order valence-corrected chi connectivity index (χ1v) is 9.49. The van der Waals surface area contributed by atoms with Gasteiger partial charge in [-0.3, -0.25) is 4.79 Å². The van der Waals surface area contributed by atoms with E-state index in [1.165, 1.54) is 18.2 Å². The van der Waals surface area contributed by atoms with E-state index < -0.39 is 11.6 Å². The number of carbonyl (C=O) groups is 1. The summed E-state index contributed by atoms with van der Waals surface area (Å²) in [6.07, 6.45) is 0.229. The van der Waals surface area contributed by atoms with E-state index in [1.54, 1.807) is 24.3 Å². The number of halogens is 2. The van der Waals surface area contributed by atoms with E-state index in [0.29, 0.717) is 23.7 Å². The van der Waals surface area contributed by atoms with Crippen molar-refractivity contribution in [3.63, 3.8) is 0 Å². The summed E-state index contributed by atoms with van der Waals surface area (Å²) in [5.41, 5.74) is 2.46. The highest BCUT2D eigenvalue weighted by Crippen LogP contribution is 2.32. The van der Waals surface area contributed by atoms with E-state index in [0.717, 1.165) is 11.1 Å². The number of anilines is 1. The molecule has 7 heteroatoms. The largest absolute Gasteiger partial charge is 0.454 e. The maximum absolute atomic E-state index is 13.7. The molecule has 1 heterocycles. The van der Waals surface area contributed by atoms with Gasteiger partial charge in [0.15, 0.2) is 11.5 Å². The van der Waals surface area contributed by atoms with E-state index in [1.807, 2.05) is 18.2 Å². The summed E-state index contributed by atoms with van der Waals surface area (Å²) < 4.78 is 38.0. The Kier molecular flexibility index (Phi) is 5.79. The number of nitrogens with one attached hydrogen (secondary N) is 2. The van der Waals surface area contributed by atoms with E-state index in [4.69, 9.17) is 9.47 Å². The third kappa shape index (κ3) is 4.68. The summed E-state index contributed by atoms with van der Waals surface area (Å²) in [5, 5.41) is 5.87. The minimum Gasteiger partial charge on any atom is -0.454 e. The summed E-state index contributed by atoms with van der Waals surface area (Å²) in [7, 11) is 0. The average Bonchev–Trinajstić information content (AvgIpc) is 3.21. The first-order valence-electron chi connectivity index (χ1n) is 9.49. The number of ether oxygens (including phenoxy) is 2. The van der Waals surface area contributed by atoms with Crippen molar-refractivity contribution in [2.75, 3.05) is 12.1 Å². The summed E-state index contributed by atoms with van der Waals surface area (Å²) >= 11 is 0. The molecule has 0 saturated carbocycles. The van der Waals surface area contributed by atoms with Gasteiger partial charge in [0.05, 0.1) is 6.42 Å². The Bertz CT molecular complexity index is 1030. The van der Waals surface area contributed by atoms with Crippen molar-refractivity contribution in [3.05, 3.63) is 89.0 Å². The van der Waals surface area contributed by atoms with Gasteiger partial charge in [-0.2, -0.15) is 0 Å². The maximum Gasteiger partial charge on any atom is 0.231 e. The highest BCUT2D eigenvalue weighted by atomic mass is 19.1. The fourth-order valence-electron chi connectivity index (χ4n) is 3.13. The molecule has 0 spiro atoms. The normalized spacial score (nSPS) is 11.9. The Morgan fingerprint density at radius 3 is 2.33 bits per heavy atom. The van der Waals surface area contributed by atoms with Crippen LogP contribution in [0.2, 0.25) is 0 Å². The molecule has 154 valence electrons. The number of amides is 1. The van der Waals surface area contributed by atoms with E-state index in [2.05, 4.69) is 10.6 Å². The molecule has 1 amide bonds. The van der Waals surface area contributed by atoms with Crippen LogP contribution in [-0.4, -0.2) is 12.7 Å². The highest BCUT2D eigenvalue weighted by molar-refractivity contribution is 5.78. The van der Waals surface area contributed by atoms with Crippen molar-refractivity contribution in [1.29, 1.82) is 0 Å². The predicted molar refractivity (Wildman–Crippen MR) is 108 cm³/mol. The van der Waals surface area contributed by atoms with Crippen LogP contribution in [-0.2, 0) is 24.3 Å². The molecular formula is C23H20F2N2O3. The summed E-state index contributed by atoms with van der Waals surface area (Å²) in [4.78, 5) is 12.2. The van der Waals surface area contributed by atoms with Crippen molar-refractivity contribution in [1.82, 2.24) is 5.32 Å². The topological polar surface area (TPSA) is 59.6 Å². The molecule has 3 aromatic rings. The second-order valence-electron chi connectivity index (χ2n) is 6.89. The number of carbonyl (C=O) groups excluding carboxylic acids is 1. The second kappa shape index (κ2) is 8.82. The standard InChI is InChI=1S/C23H20F2N2O3/c24-19-2-1-3-20(25)18(19)13-26-17-7-4-15(5-8-17)11-23(28)27-12-16-6-9-21-22(10-16)30-14-29-21/h1-10,26H,11-14H2,(H,27,28). The van der Waals surface area contributed by atoms with Gasteiger partial charge in [-0.25, -0.2) is 8.78 Å². The molecule has 1 aliphatic heterocycles. The fourth-order valence-corrected chi connectivity index (χ4v) is 3.13. The summed E-state index contributed by atoms with van der Waals surface area (Å²) in [6.45, 7) is 0.641. The molecule has 2 N–H and O–H groups in total. The molecule has 0 aromatic heterocycles. The molecule has 4 rings (SSSR count). The SMILES string of the molecule is O=C(Cc1ccc(NCc2c(F)cccc2F)cc1)NCc1ccc2c(c1)OCO2. The van der Waals surface area contributed by atoms with Crippen molar-refractivity contribution in [3.8, 4) is 11.5 Å². The lowest BCUT2D eigenvalue weighted by Crippen LogP contribution is -2.24. The third-order valence-electron chi connectivity index (χ3n) is 4.78. The monoisotopic (exact) mass is 410 g/mol. The molecule has 1 aliphatic rings. The van der Waals surface area contributed by atoms with E-state index in [9.17, 15) is 13.6 Å². The lowest BCUT2D eigenvalue weighted by atomic mass is 10.1. The fraction of sp³-hybridized carbons (Fsp3) is 0.174. The van der Waals surface area contributed by atoms with Crippen LogP contribution in [0.5, 0.6) is 11.5 Å². The molecule has 3 aromatic carbocycles. The van der Waals surface area contributed by atoms with Crippen molar-refractivity contribution >= 4 is 11.6 Å². The zero-order chi connectivity index (χ0) is 20.9. The number of fused-ring (bicyclic) bond motifs is 1. The van der Waals surface area contributed by atoms with Gasteiger partial charge in [-0.05, 0) is 47.5 Å². The van der Waals surface area contributed by atoms with Gasteiger partial charge in [-0.1, -0.05) is 24.3 Å². The van der Waals surface area contributed by atoms with Crippen LogP contribution in [0.4, 0.5) is 14.5 Å². The maximum atomic E-state index is 13.7. The molecule has 0 atom stereocenters. The molecule has 5 nitrogen and oxygen atoms in total. The van der Waals surface area contributed by atoms with Crippen LogP contribution in [0.1, 0.15) is 16.7 Å². The Labute approximate surface area is 172 Å². The van der Waals surface area contributed by atoms with Crippen LogP contribution in [0.3, 0.4) is 0 Å². The van der Waals surface area contributed by atoms with E-state index >= 15 is 0 Å².